The van der Waals surface area contributed by atoms with Gasteiger partial charge in [0.1, 0.15) is 11.5 Å². The summed E-state index contributed by atoms with van der Waals surface area (Å²) in [5.74, 6) is 1.30. The molecular weight excluding hydrogens is 468 g/mol. The Morgan fingerprint density at radius 2 is 1.66 bits per heavy atom. The molecule has 38 heavy (non-hydrogen) atoms. The van der Waals surface area contributed by atoms with E-state index < -0.39 is 0 Å². The van der Waals surface area contributed by atoms with Gasteiger partial charge in [0, 0.05) is 48.3 Å². The van der Waals surface area contributed by atoms with Crippen LogP contribution in [0, 0.1) is 6.92 Å². The Labute approximate surface area is 228 Å². The van der Waals surface area contributed by atoms with Gasteiger partial charge < -0.3 is 4.74 Å². The molecule has 1 unspecified atom stereocenters. The Kier molecular flexibility index (Phi) is 8.28. The van der Waals surface area contributed by atoms with Crippen LogP contribution in [0.3, 0.4) is 0 Å². The first-order valence-corrected chi connectivity index (χ1v) is 14.6. The highest BCUT2D eigenvalue weighted by Crippen LogP contribution is 2.38. The molecule has 5 rings (SSSR count). The molecule has 0 spiro atoms. The fraction of sp³-hybridized carbons (Fsp3) is 0.471. The number of aryl methyl sites for hydroxylation is 4. The van der Waals surface area contributed by atoms with E-state index in [0.717, 1.165) is 49.4 Å². The number of hydrogen-bond donors (Lipinski definition) is 0. The molecule has 4 nitrogen and oxygen atoms in total. The normalized spacial score (nSPS) is 18.0. The Hall–Kier alpha value is -2.98. The number of Topliss-reactive ketones (excluding diaryl/α,β-unsaturated/α-hetero) is 1. The lowest BCUT2D eigenvalue weighted by Gasteiger charge is -2.34. The van der Waals surface area contributed by atoms with Gasteiger partial charge >= 0.3 is 0 Å². The van der Waals surface area contributed by atoms with Gasteiger partial charge in [-0.05, 0) is 81.2 Å². The SMILES string of the molecule is CCc1cccc(CC)c1-c1cc(OC2CCC(=O)CC2)c(CN(C)C2CCCc3ccccc32)c(C)n1. The van der Waals surface area contributed by atoms with Crippen LogP contribution >= 0.6 is 0 Å². The highest BCUT2D eigenvalue weighted by atomic mass is 16.5. The second-order valence-corrected chi connectivity index (χ2v) is 11.1. The highest BCUT2D eigenvalue weighted by molar-refractivity contribution is 5.79. The van der Waals surface area contributed by atoms with E-state index in [2.05, 4.69) is 81.2 Å². The van der Waals surface area contributed by atoms with Crippen molar-refractivity contribution >= 4 is 5.78 Å². The summed E-state index contributed by atoms with van der Waals surface area (Å²) in [5, 5.41) is 0. The Morgan fingerprint density at radius 3 is 2.37 bits per heavy atom. The maximum absolute atomic E-state index is 11.9. The predicted octanol–water partition coefficient (Wildman–Crippen LogP) is 7.58. The van der Waals surface area contributed by atoms with E-state index in [9.17, 15) is 4.79 Å². The molecule has 0 radical (unpaired) electrons. The summed E-state index contributed by atoms with van der Waals surface area (Å²) in [4.78, 5) is 19.6. The van der Waals surface area contributed by atoms with E-state index in [0.29, 0.717) is 24.7 Å². The van der Waals surface area contributed by atoms with Crippen LogP contribution in [0.15, 0.2) is 48.5 Å². The summed E-state index contributed by atoms with van der Waals surface area (Å²) >= 11 is 0. The van der Waals surface area contributed by atoms with Crippen LogP contribution in [-0.2, 0) is 30.6 Å². The molecule has 0 bridgehead atoms. The van der Waals surface area contributed by atoms with Crippen LogP contribution < -0.4 is 4.74 Å². The second kappa shape index (κ2) is 11.8. The van der Waals surface area contributed by atoms with Crippen molar-refractivity contribution in [2.24, 2.45) is 0 Å². The molecular formula is C34H42N2O2. The van der Waals surface area contributed by atoms with Crippen LogP contribution in [0.25, 0.3) is 11.3 Å². The Morgan fingerprint density at radius 1 is 0.947 bits per heavy atom. The van der Waals surface area contributed by atoms with E-state index in [-0.39, 0.29) is 6.10 Å². The molecule has 1 fully saturated rings. The van der Waals surface area contributed by atoms with E-state index in [1.807, 2.05) is 0 Å². The number of benzene rings is 2. The average molecular weight is 511 g/mol. The lowest BCUT2D eigenvalue weighted by molar-refractivity contribution is -0.121. The number of rotatable bonds is 8. The standard InChI is InChI=1S/C34H42N2O2/c1-5-24-12-9-13-25(6-2)34(24)31-21-33(38-28-19-17-27(37)18-20-28)30(23(3)35-31)22-36(4)32-16-10-14-26-11-7-8-15-29(26)32/h7-9,11-13,15,21,28,32H,5-6,10,14,16-20,22H2,1-4H3. The molecule has 200 valence electrons. The fourth-order valence-corrected chi connectivity index (χ4v) is 6.42. The zero-order chi connectivity index (χ0) is 26.6. The molecule has 4 heteroatoms. The molecule has 1 aromatic heterocycles. The van der Waals surface area contributed by atoms with Crippen molar-refractivity contribution in [3.05, 3.63) is 82.0 Å². The first kappa shape index (κ1) is 26.6. The fourth-order valence-electron chi connectivity index (χ4n) is 6.42. The minimum Gasteiger partial charge on any atom is -0.490 e. The van der Waals surface area contributed by atoms with Gasteiger partial charge in [0.15, 0.2) is 0 Å². The van der Waals surface area contributed by atoms with Crippen LogP contribution in [0.5, 0.6) is 5.75 Å². The van der Waals surface area contributed by atoms with Crippen LogP contribution in [0.2, 0.25) is 0 Å². The number of ether oxygens (including phenoxy) is 1. The molecule has 1 heterocycles. The Balaban J connectivity index is 1.53. The molecule has 0 amide bonds. The summed E-state index contributed by atoms with van der Waals surface area (Å²) in [6, 6.07) is 18.1. The van der Waals surface area contributed by atoms with Crippen molar-refractivity contribution in [3.63, 3.8) is 0 Å². The molecule has 2 aliphatic rings. The molecule has 0 N–H and O–H groups in total. The summed E-state index contributed by atoms with van der Waals surface area (Å²) < 4.78 is 6.76. The number of carbonyl (C=O) groups excluding carboxylic acids is 1. The van der Waals surface area contributed by atoms with E-state index >= 15 is 0 Å². The van der Waals surface area contributed by atoms with E-state index in [4.69, 9.17) is 9.72 Å². The van der Waals surface area contributed by atoms with Gasteiger partial charge in [-0.15, -0.1) is 0 Å². The molecule has 2 aromatic carbocycles. The third-order valence-electron chi connectivity index (χ3n) is 8.61. The zero-order valence-electron chi connectivity index (χ0n) is 23.6. The molecule has 0 aliphatic heterocycles. The number of pyridine rings is 1. The smallest absolute Gasteiger partial charge is 0.133 e. The predicted molar refractivity (Wildman–Crippen MR) is 155 cm³/mol. The number of fused-ring (bicyclic) bond motifs is 1. The monoisotopic (exact) mass is 510 g/mol. The molecule has 1 saturated carbocycles. The minimum atomic E-state index is 0.0777. The topological polar surface area (TPSA) is 42.4 Å². The van der Waals surface area contributed by atoms with Crippen LogP contribution in [0.4, 0.5) is 0 Å². The molecule has 2 aliphatic carbocycles. The van der Waals surface area contributed by atoms with Crippen LogP contribution in [0.1, 0.15) is 91.9 Å². The van der Waals surface area contributed by atoms with Crippen molar-refractivity contribution in [2.75, 3.05) is 7.05 Å². The largest absolute Gasteiger partial charge is 0.490 e. The Bertz CT molecular complexity index is 1270. The van der Waals surface area contributed by atoms with E-state index in [1.54, 1.807) is 0 Å². The van der Waals surface area contributed by atoms with Gasteiger partial charge in [-0.2, -0.15) is 0 Å². The van der Waals surface area contributed by atoms with Gasteiger partial charge in [0.25, 0.3) is 0 Å². The summed E-state index contributed by atoms with van der Waals surface area (Å²) in [6.45, 7) is 7.36. The number of hydrogen-bond acceptors (Lipinski definition) is 4. The molecule has 1 atom stereocenters. The first-order valence-electron chi connectivity index (χ1n) is 14.6. The maximum Gasteiger partial charge on any atom is 0.133 e. The number of carbonyl (C=O) groups is 1. The zero-order valence-corrected chi connectivity index (χ0v) is 23.6. The quantitative estimate of drug-likeness (QED) is 0.313. The van der Waals surface area contributed by atoms with Crippen molar-refractivity contribution in [3.8, 4) is 17.0 Å². The van der Waals surface area contributed by atoms with Gasteiger partial charge in [-0.3, -0.25) is 14.7 Å². The maximum atomic E-state index is 11.9. The summed E-state index contributed by atoms with van der Waals surface area (Å²) in [5.41, 5.74) is 10.1. The number of ketones is 1. The van der Waals surface area contributed by atoms with Gasteiger partial charge in [-0.25, -0.2) is 0 Å². The van der Waals surface area contributed by atoms with Gasteiger partial charge in [0.2, 0.25) is 0 Å². The van der Waals surface area contributed by atoms with Crippen molar-refractivity contribution < 1.29 is 9.53 Å². The highest BCUT2D eigenvalue weighted by Gasteiger charge is 2.27. The lowest BCUT2D eigenvalue weighted by Crippen LogP contribution is -2.29. The lowest BCUT2D eigenvalue weighted by atomic mass is 9.87. The first-order chi connectivity index (χ1) is 18.5. The average Bonchev–Trinajstić information content (AvgIpc) is 2.94. The van der Waals surface area contributed by atoms with Crippen molar-refractivity contribution in [2.45, 2.75) is 97.2 Å². The summed E-state index contributed by atoms with van der Waals surface area (Å²) in [6.07, 6.45) is 8.40. The van der Waals surface area contributed by atoms with Crippen molar-refractivity contribution in [1.29, 1.82) is 0 Å². The van der Waals surface area contributed by atoms with Crippen molar-refractivity contribution in [1.82, 2.24) is 9.88 Å². The molecule has 3 aromatic rings. The number of aromatic nitrogens is 1. The van der Waals surface area contributed by atoms with E-state index in [1.165, 1.54) is 52.6 Å². The van der Waals surface area contributed by atoms with Gasteiger partial charge in [0.05, 0.1) is 11.8 Å². The minimum absolute atomic E-state index is 0.0777. The van der Waals surface area contributed by atoms with Crippen LogP contribution in [-0.4, -0.2) is 28.8 Å². The second-order valence-electron chi connectivity index (χ2n) is 11.1. The third-order valence-corrected chi connectivity index (χ3v) is 8.61. The number of nitrogens with zero attached hydrogens (tertiary/aromatic N) is 2. The van der Waals surface area contributed by atoms with Gasteiger partial charge in [-0.1, -0.05) is 56.3 Å². The third kappa shape index (κ3) is 5.56. The summed E-state index contributed by atoms with van der Waals surface area (Å²) in [7, 11) is 2.24. The molecule has 0 saturated heterocycles.